The molecule has 1 heterocycles. The van der Waals surface area contributed by atoms with Gasteiger partial charge in [-0.25, -0.2) is 0 Å². The zero-order valence-corrected chi connectivity index (χ0v) is 10.4. The zero-order valence-electron chi connectivity index (χ0n) is 9.54. The van der Waals surface area contributed by atoms with E-state index in [1.54, 1.807) is 11.3 Å². The Balaban J connectivity index is 1.55. The lowest BCUT2D eigenvalue weighted by atomic mass is 10.1. The van der Waals surface area contributed by atoms with E-state index >= 15 is 0 Å². The van der Waals surface area contributed by atoms with Gasteiger partial charge in [-0.3, -0.25) is 0 Å². The Kier molecular flexibility index (Phi) is 4.21. The molecule has 0 saturated heterocycles. The summed E-state index contributed by atoms with van der Waals surface area (Å²) >= 11 is 1.80. The first-order valence-electron chi connectivity index (χ1n) is 6.06. The third-order valence-corrected chi connectivity index (χ3v) is 4.14. The lowest BCUT2D eigenvalue weighted by Gasteiger charge is -2.10. The SMILES string of the molecule is CC1CCC(CNCCc2ccsc2)C1. The molecule has 1 N–H and O–H groups in total. The molecule has 2 rings (SSSR count). The van der Waals surface area contributed by atoms with Gasteiger partial charge in [0, 0.05) is 0 Å². The molecule has 0 amide bonds. The fraction of sp³-hybridized carbons (Fsp3) is 0.692. The van der Waals surface area contributed by atoms with E-state index in [9.17, 15) is 0 Å². The van der Waals surface area contributed by atoms with E-state index in [-0.39, 0.29) is 0 Å². The van der Waals surface area contributed by atoms with Crippen LogP contribution in [0, 0.1) is 11.8 Å². The maximum atomic E-state index is 3.59. The molecule has 1 aliphatic carbocycles. The average molecular weight is 223 g/mol. The van der Waals surface area contributed by atoms with E-state index in [4.69, 9.17) is 0 Å². The van der Waals surface area contributed by atoms with E-state index in [0.717, 1.165) is 18.4 Å². The Morgan fingerprint density at radius 3 is 3.07 bits per heavy atom. The van der Waals surface area contributed by atoms with Gasteiger partial charge in [-0.05, 0) is 66.6 Å². The summed E-state index contributed by atoms with van der Waals surface area (Å²) in [6.45, 7) is 4.75. The summed E-state index contributed by atoms with van der Waals surface area (Å²) in [6, 6.07) is 2.23. The summed E-state index contributed by atoms with van der Waals surface area (Å²) < 4.78 is 0. The monoisotopic (exact) mass is 223 g/mol. The van der Waals surface area contributed by atoms with Gasteiger partial charge in [-0.2, -0.15) is 11.3 Å². The largest absolute Gasteiger partial charge is 0.316 e. The first kappa shape index (κ1) is 11.2. The van der Waals surface area contributed by atoms with Crippen molar-refractivity contribution in [3.8, 4) is 0 Å². The molecule has 1 aromatic heterocycles. The number of hydrogen-bond acceptors (Lipinski definition) is 2. The predicted octanol–water partition coefficient (Wildman–Crippen LogP) is 3.32. The van der Waals surface area contributed by atoms with Gasteiger partial charge in [0.05, 0.1) is 0 Å². The quantitative estimate of drug-likeness (QED) is 0.755. The minimum absolute atomic E-state index is 0.947. The van der Waals surface area contributed by atoms with Crippen molar-refractivity contribution in [1.82, 2.24) is 5.32 Å². The summed E-state index contributed by atoms with van der Waals surface area (Å²) in [6.07, 6.45) is 5.50. The topological polar surface area (TPSA) is 12.0 Å². The molecule has 0 bridgehead atoms. The molecular weight excluding hydrogens is 202 g/mol. The number of nitrogens with one attached hydrogen (secondary N) is 1. The molecule has 0 aliphatic heterocycles. The van der Waals surface area contributed by atoms with E-state index in [0.29, 0.717) is 0 Å². The van der Waals surface area contributed by atoms with Gasteiger partial charge in [-0.15, -0.1) is 0 Å². The summed E-state index contributed by atoms with van der Waals surface area (Å²) in [4.78, 5) is 0. The minimum atomic E-state index is 0.947. The normalized spacial score (nSPS) is 25.9. The molecule has 84 valence electrons. The molecular formula is C13H21NS. The third kappa shape index (κ3) is 3.62. The van der Waals surface area contributed by atoms with Crippen LogP contribution < -0.4 is 5.32 Å². The van der Waals surface area contributed by atoms with Crippen LogP contribution in [0.3, 0.4) is 0 Å². The second kappa shape index (κ2) is 5.66. The Hall–Kier alpha value is -0.340. The van der Waals surface area contributed by atoms with Gasteiger partial charge >= 0.3 is 0 Å². The molecule has 0 spiro atoms. The third-order valence-electron chi connectivity index (χ3n) is 3.41. The van der Waals surface area contributed by atoms with Crippen molar-refractivity contribution in [2.45, 2.75) is 32.6 Å². The van der Waals surface area contributed by atoms with Crippen LogP contribution in [0.2, 0.25) is 0 Å². The van der Waals surface area contributed by atoms with Crippen LogP contribution in [0.5, 0.6) is 0 Å². The smallest absolute Gasteiger partial charge is 0.000794 e. The highest BCUT2D eigenvalue weighted by Crippen LogP contribution is 2.29. The second-order valence-corrected chi connectivity index (χ2v) is 5.65. The van der Waals surface area contributed by atoms with Crippen LogP contribution in [0.1, 0.15) is 31.7 Å². The van der Waals surface area contributed by atoms with Gasteiger partial charge in [-0.1, -0.05) is 13.3 Å². The molecule has 0 aromatic carbocycles. The molecule has 15 heavy (non-hydrogen) atoms. The average Bonchev–Trinajstić information content (AvgIpc) is 2.84. The van der Waals surface area contributed by atoms with Crippen LogP contribution in [-0.2, 0) is 6.42 Å². The second-order valence-electron chi connectivity index (χ2n) is 4.87. The molecule has 2 atom stereocenters. The van der Waals surface area contributed by atoms with Gasteiger partial charge in [0.15, 0.2) is 0 Å². The van der Waals surface area contributed by atoms with E-state index in [1.165, 1.54) is 37.8 Å². The summed E-state index contributed by atoms with van der Waals surface area (Å²) in [5, 5.41) is 8.00. The van der Waals surface area contributed by atoms with Crippen molar-refractivity contribution in [3.63, 3.8) is 0 Å². The highest BCUT2D eigenvalue weighted by atomic mass is 32.1. The van der Waals surface area contributed by atoms with Crippen LogP contribution in [-0.4, -0.2) is 13.1 Å². The molecule has 1 nitrogen and oxygen atoms in total. The van der Waals surface area contributed by atoms with Crippen LogP contribution in [0.4, 0.5) is 0 Å². The lowest BCUT2D eigenvalue weighted by molar-refractivity contribution is 0.473. The molecule has 0 radical (unpaired) electrons. The van der Waals surface area contributed by atoms with Crippen molar-refractivity contribution >= 4 is 11.3 Å². The maximum Gasteiger partial charge on any atom is -0.000794 e. The van der Waals surface area contributed by atoms with Crippen molar-refractivity contribution in [2.24, 2.45) is 11.8 Å². The Morgan fingerprint density at radius 1 is 1.47 bits per heavy atom. The van der Waals surface area contributed by atoms with Crippen molar-refractivity contribution in [1.29, 1.82) is 0 Å². The molecule has 1 aromatic rings. The first-order chi connectivity index (χ1) is 7.34. The molecule has 2 unspecified atom stereocenters. The number of rotatable bonds is 5. The van der Waals surface area contributed by atoms with Gasteiger partial charge < -0.3 is 5.32 Å². The molecule has 1 aliphatic rings. The Bertz CT molecular complexity index is 268. The van der Waals surface area contributed by atoms with Crippen molar-refractivity contribution in [2.75, 3.05) is 13.1 Å². The van der Waals surface area contributed by atoms with Gasteiger partial charge in [0.2, 0.25) is 0 Å². The van der Waals surface area contributed by atoms with Crippen LogP contribution in [0.25, 0.3) is 0 Å². The minimum Gasteiger partial charge on any atom is -0.316 e. The fourth-order valence-electron chi connectivity index (χ4n) is 2.48. The van der Waals surface area contributed by atoms with Crippen LogP contribution in [0.15, 0.2) is 16.8 Å². The number of hydrogen-bond donors (Lipinski definition) is 1. The standard InChI is InChI=1S/C13H21NS/c1-11-2-3-13(8-11)9-14-6-4-12-5-7-15-10-12/h5,7,10-11,13-14H,2-4,6,8-9H2,1H3. The summed E-state index contributed by atoms with van der Waals surface area (Å²) in [7, 11) is 0. The first-order valence-corrected chi connectivity index (χ1v) is 7.00. The van der Waals surface area contributed by atoms with Gasteiger partial charge in [0.1, 0.15) is 0 Å². The fourth-order valence-corrected chi connectivity index (χ4v) is 3.19. The van der Waals surface area contributed by atoms with E-state index in [2.05, 4.69) is 29.1 Å². The maximum absolute atomic E-state index is 3.59. The highest BCUT2D eigenvalue weighted by Gasteiger charge is 2.20. The van der Waals surface area contributed by atoms with Gasteiger partial charge in [0.25, 0.3) is 0 Å². The molecule has 1 fully saturated rings. The Labute approximate surface area is 96.9 Å². The Morgan fingerprint density at radius 2 is 2.40 bits per heavy atom. The highest BCUT2D eigenvalue weighted by molar-refractivity contribution is 7.07. The van der Waals surface area contributed by atoms with Crippen LogP contribution >= 0.6 is 11.3 Å². The predicted molar refractivity (Wildman–Crippen MR) is 67.4 cm³/mol. The lowest BCUT2D eigenvalue weighted by Crippen LogP contribution is -2.23. The van der Waals surface area contributed by atoms with E-state index in [1.807, 2.05) is 0 Å². The van der Waals surface area contributed by atoms with Crippen molar-refractivity contribution < 1.29 is 0 Å². The number of thiophene rings is 1. The molecule has 2 heteroatoms. The summed E-state index contributed by atoms with van der Waals surface area (Å²) in [5.41, 5.74) is 1.48. The van der Waals surface area contributed by atoms with E-state index < -0.39 is 0 Å². The summed E-state index contributed by atoms with van der Waals surface area (Å²) in [5.74, 6) is 1.91. The molecule has 1 saturated carbocycles. The van der Waals surface area contributed by atoms with Crippen molar-refractivity contribution in [3.05, 3.63) is 22.4 Å². The zero-order chi connectivity index (χ0) is 10.5.